The SMILES string of the molecule is CC1(CNS(=O)(=O)Cc2ccccc2C#N)CCOCC1. The van der Waals surface area contributed by atoms with Crippen LogP contribution in [0, 0.1) is 16.7 Å². The van der Waals surface area contributed by atoms with E-state index in [-0.39, 0.29) is 11.2 Å². The Kier molecular flexibility index (Phi) is 4.99. The van der Waals surface area contributed by atoms with Crippen molar-refractivity contribution in [2.45, 2.75) is 25.5 Å². The fraction of sp³-hybridized carbons (Fsp3) is 0.533. The van der Waals surface area contributed by atoms with E-state index in [1.807, 2.05) is 6.07 Å². The Morgan fingerprint density at radius 2 is 2.00 bits per heavy atom. The summed E-state index contributed by atoms with van der Waals surface area (Å²) in [6.45, 7) is 3.83. The van der Waals surface area contributed by atoms with Gasteiger partial charge in [-0.2, -0.15) is 5.26 Å². The van der Waals surface area contributed by atoms with E-state index in [1.165, 1.54) is 0 Å². The summed E-state index contributed by atoms with van der Waals surface area (Å²) in [5.41, 5.74) is 0.879. The quantitative estimate of drug-likeness (QED) is 0.899. The molecule has 1 aliphatic rings. The van der Waals surface area contributed by atoms with E-state index in [4.69, 9.17) is 10.00 Å². The second-order valence-corrected chi connectivity index (χ2v) is 7.58. The van der Waals surface area contributed by atoms with Crippen LogP contribution >= 0.6 is 0 Å². The first-order valence-electron chi connectivity index (χ1n) is 6.97. The third-order valence-corrected chi connectivity index (χ3v) is 5.18. The smallest absolute Gasteiger partial charge is 0.215 e. The number of nitrogens with one attached hydrogen (secondary N) is 1. The Balaban J connectivity index is 2.01. The number of hydrogen-bond acceptors (Lipinski definition) is 4. The van der Waals surface area contributed by atoms with E-state index in [0.717, 1.165) is 12.8 Å². The first-order chi connectivity index (χ1) is 9.94. The van der Waals surface area contributed by atoms with Crippen molar-refractivity contribution < 1.29 is 13.2 Å². The van der Waals surface area contributed by atoms with Gasteiger partial charge in [-0.15, -0.1) is 0 Å². The second kappa shape index (κ2) is 6.56. The van der Waals surface area contributed by atoms with Crippen LogP contribution in [0.2, 0.25) is 0 Å². The average Bonchev–Trinajstić information content (AvgIpc) is 2.47. The van der Waals surface area contributed by atoms with E-state index in [0.29, 0.717) is 30.9 Å². The van der Waals surface area contributed by atoms with Crippen molar-refractivity contribution in [3.05, 3.63) is 35.4 Å². The molecule has 1 N–H and O–H groups in total. The van der Waals surface area contributed by atoms with Gasteiger partial charge in [0.05, 0.1) is 17.4 Å². The highest BCUT2D eigenvalue weighted by Gasteiger charge is 2.29. The van der Waals surface area contributed by atoms with Crippen LogP contribution in [0.15, 0.2) is 24.3 Å². The molecule has 0 aromatic heterocycles. The van der Waals surface area contributed by atoms with Gasteiger partial charge in [-0.3, -0.25) is 0 Å². The third-order valence-electron chi connectivity index (χ3n) is 3.90. The molecule has 114 valence electrons. The van der Waals surface area contributed by atoms with Crippen molar-refractivity contribution >= 4 is 10.0 Å². The zero-order valence-electron chi connectivity index (χ0n) is 12.1. The molecule has 2 rings (SSSR count). The molecule has 5 nitrogen and oxygen atoms in total. The summed E-state index contributed by atoms with van der Waals surface area (Å²) in [6.07, 6.45) is 1.70. The van der Waals surface area contributed by atoms with Gasteiger partial charge in [0.1, 0.15) is 0 Å². The van der Waals surface area contributed by atoms with Gasteiger partial charge in [0, 0.05) is 19.8 Å². The summed E-state index contributed by atoms with van der Waals surface area (Å²) in [7, 11) is -3.45. The van der Waals surface area contributed by atoms with Crippen molar-refractivity contribution in [2.75, 3.05) is 19.8 Å². The molecule has 0 atom stereocenters. The number of ether oxygens (including phenoxy) is 1. The lowest BCUT2D eigenvalue weighted by molar-refractivity contribution is 0.0264. The standard InChI is InChI=1S/C15H20N2O3S/c1-15(6-8-20-9-7-15)12-17-21(18,19)11-14-5-3-2-4-13(14)10-16/h2-5,17H,6-9,11-12H2,1H3. The molecule has 1 aromatic carbocycles. The molecule has 1 aliphatic heterocycles. The maximum absolute atomic E-state index is 12.2. The molecule has 0 unspecified atom stereocenters. The molecule has 6 heteroatoms. The van der Waals surface area contributed by atoms with Crippen LogP contribution in [0.1, 0.15) is 30.9 Å². The molecule has 1 heterocycles. The van der Waals surface area contributed by atoms with Gasteiger partial charge in [0.15, 0.2) is 0 Å². The lowest BCUT2D eigenvalue weighted by Gasteiger charge is -2.33. The number of nitriles is 1. The number of sulfonamides is 1. The predicted molar refractivity (Wildman–Crippen MR) is 79.9 cm³/mol. The monoisotopic (exact) mass is 308 g/mol. The Hall–Kier alpha value is -1.42. The minimum Gasteiger partial charge on any atom is -0.381 e. The van der Waals surface area contributed by atoms with Crippen LogP contribution in [0.4, 0.5) is 0 Å². The minimum atomic E-state index is -3.45. The van der Waals surface area contributed by atoms with Gasteiger partial charge in [-0.05, 0) is 29.9 Å². The van der Waals surface area contributed by atoms with E-state index >= 15 is 0 Å². The van der Waals surface area contributed by atoms with Gasteiger partial charge in [-0.25, -0.2) is 13.1 Å². The first-order valence-corrected chi connectivity index (χ1v) is 8.62. The van der Waals surface area contributed by atoms with Crippen LogP contribution in [-0.2, 0) is 20.5 Å². The average molecular weight is 308 g/mol. The Labute approximate surface area is 126 Å². The summed E-state index contributed by atoms with van der Waals surface area (Å²) < 4.78 is 32.4. The molecule has 0 spiro atoms. The van der Waals surface area contributed by atoms with Crippen molar-refractivity contribution in [1.82, 2.24) is 4.72 Å². The molecule has 0 radical (unpaired) electrons. The summed E-state index contributed by atoms with van der Waals surface area (Å²) in [5, 5.41) is 9.01. The molecule has 0 aliphatic carbocycles. The van der Waals surface area contributed by atoms with Gasteiger partial charge in [0.2, 0.25) is 10.0 Å². The topological polar surface area (TPSA) is 79.2 Å². The van der Waals surface area contributed by atoms with Crippen LogP contribution < -0.4 is 4.72 Å². The molecular weight excluding hydrogens is 288 g/mol. The lowest BCUT2D eigenvalue weighted by Crippen LogP contribution is -2.39. The third kappa shape index (κ3) is 4.53. The van der Waals surface area contributed by atoms with Crippen LogP contribution in [0.3, 0.4) is 0 Å². The number of hydrogen-bond donors (Lipinski definition) is 1. The maximum atomic E-state index is 12.2. The zero-order valence-corrected chi connectivity index (χ0v) is 12.9. The number of benzene rings is 1. The summed E-state index contributed by atoms with van der Waals surface area (Å²) >= 11 is 0. The highest BCUT2D eigenvalue weighted by Crippen LogP contribution is 2.29. The highest BCUT2D eigenvalue weighted by atomic mass is 32.2. The largest absolute Gasteiger partial charge is 0.381 e. The van der Waals surface area contributed by atoms with Crippen LogP contribution in [0.5, 0.6) is 0 Å². The summed E-state index contributed by atoms with van der Waals surface area (Å²) in [6, 6.07) is 8.80. The van der Waals surface area contributed by atoms with Crippen molar-refractivity contribution in [3.8, 4) is 6.07 Å². The molecule has 0 amide bonds. The summed E-state index contributed by atoms with van der Waals surface area (Å²) in [4.78, 5) is 0. The maximum Gasteiger partial charge on any atom is 0.215 e. The van der Waals surface area contributed by atoms with Gasteiger partial charge >= 0.3 is 0 Å². The van der Waals surface area contributed by atoms with Gasteiger partial charge < -0.3 is 4.74 Å². The van der Waals surface area contributed by atoms with E-state index in [2.05, 4.69) is 11.6 Å². The Morgan fingerprint density at radius 3 is 2.67 bits per heavy atom. The predicted octanol–water partition coefficient (Wildman–Crippen LogP) is 1.79. The molecular formula is C15H20N2O3S. The summed E-state index contributed by atoms with van der Waals surface area (Å²) in [5.74, 6) is -0.163. The normalized spacial score (nSPS) is 18.1. The molecule has 1 fully saturated rings. The van der Waals surface area contributed by atoms with Crippen LogP contribution in [0.25, 0.3) is 0 Å². The highest BCUT2D eigenvalue weighted by molar-refractivity contribution is 7.88. The number of nitrogens with zero attached hydrogens (tertiary/aromatic N) is 1. The fourth-order valence-corrected chi connectivity index (χ4v) is 3.67. The van der Waals surface area contributed by atoms with Crippen molar-refractivity contribution in [1.29, 1.82) is 5.26 Å². The van der Waals surface area contributed by atoms with E-state index < -0.39 is 10.0 Å². The molecule has 0 bridgehead atoms. The zero-order chi connectivity index (χ0) is 15.3. The van der Waals surface area contributed by atoms with Gasteiger partial charge in [0.25, 0.3) is 0 Å². The molecule has 0 saturated carbocycles. The Bertz CT molecular complexity index is 629. The van der Waals surface area contributed by atoms with E-state index in [1.54, 1.807) is 24.3 Å². The lowest BCUT2D eigenvalue weighted by atomic mass is 9.83. The minimum absolute atomic E-state index is 0.0555. The van der Waals surface area contributed by atoms with Crippen molar-refractivity contribution in [3.63, 3.8) is 0 Å². The van der Waals surface area contributed by atoms with Gasteiger partial charge in [-0.1, -0.05) is 25.1 Å². The molecule has 21 heavy (non-hydrogen) atoms. The van der Waals surface area contributed by atoms with Crippen molar-refractivity contribution in [2.24, 2.45) is 5.41 Å². The molecule has 1 saturated heterocycles. The second-order valence-electron chi connectivity index (χ2n) is 5.77. The van der Waals surface area contributed by atoms with Crippen LogP contribution in [-0.4, -0.2) is 28.2 Å². The Morgan fingerprint density at radius 1 is 1.33 bits per heavy atom. The molecule has 1 aromatic rings. The van der Waals surface area contributed by atoms with E-state index in [9.17, 15) is 8.42 Å². The first kappa shape index (κ1) is 16.0. The fourth-order valence-electron chi connectivity index (χ4n) is 2.34. The number of rotatable bonds is 5.